The Morgan fingerprint density at radius 1 is 0.579 bits per heavy atom. The molecule has 0 aliphatic heterocycles. The molecule has 0 fully saturated rings. The Balaban J connectivity index is 1.54. The number of hydrogen-bond donors (Lipinski definition) is 0. The number of terminal acetylenes is 2. The molecule has 0 radical (unpaired) electrons. The second-order valence-electron chi connectivity index (χ2n) is 8.66. The van der Waals surface area contributed by atoms with Gasteiger partial charge in [-0.05, 0) is 83.3 Å². The molecule has 0 unspecified atom stereocenters. The van der Waals surface area contributed by atoms with Crippen LogP contribution < -0.4 is 9.47 Å². The van der Waals surface area contributed by atoms with Crippen molar-refractivity contribution in [1.29, 1.82) is 0 Å². The van der Waals surface area contributed by atoms with Gasteiger partial charge in [0.2, 0.25) is 0 Å². The van der Waals surface area contributed by atoms with Crippen molar-refractivity contribution in [2.75, 3.05) is 14.2 Å². The van der Waals surface area contributed by atoms with Crippen molar-refractivity contribution in [3.63, 3.8) is 0 Å². The smallest absolute Gasteiger partial charge is 0.122 e. The van der Waals surface area contributed by atoms with Crippen molar-refractivity contribution >= 4 is 10.8 Å². The van der Waals surface area contributed by atoms with E-state index in [1.807, 2.05) is 48.5 Å². The van der Waals surface area contributed by atoms with Crippen LogP contribution in [-0.4, -0.2) is 14.2 Å². The lowest BCUT2D eigenvalue weighted by atomic mass is 9.98. The van der Waals surface area contributed by atoms with E-state index in [0.717, 1.165) is 68.5 Å². The zero-order chi connectivity index (χ0) is 26.7. The highest BCUT2D eigenvalue weighted by Gasteiger charge is 2.10. The molecule has 0 saturated carbocycles. The first kappa shape index (κ1) is 26.1. The summed E-state index contributed by atoms with van der Waals surface area (Å²) in [5.41, 5.74) is 5.61. The molecule has 0 saturated heterocycles. The van der Waals surface area contributed by atoms with Crippen molar-refractivity contribution in [2.45, 2.75) is 25.7 Å². The van der Waals surface area contributed by atoms with E-state index in [1.165, 1.54) is 0 Å². The van der Waals surface area contributed by atoms with Gasteiger partial charge in [0.25, 0.3) is 0 Å². The largest absolute Gasteiger partial charge is 0.496 e. The molecule has 0 heterocycles. The van der Waals surface area contributed by atoms with E-state index in [1.54, 1.807) is 14.2 Å². The van der Waals surface area contributed by atoms with E-state index in [0.29, 0.717) is 12.8 Å². The number of rotatable bonds is 6. The topological polar surface area (TPSA) is 18.5 Å². The number of methoxy groups -OCH3 is 2. The molecule has 0 atom stereocenters. The lowest BCUT2D eigenvalue weighted by Crippen LogP contribution is -1.96. The first-order valence-corrected chi connectivity index (χ1v) is 12.4. The highest BCUT2D eigenvalue weighted by molar-refractivity contribution is 5.87. The van der Waals surface area contributed by atoms with Crippen LogP contribution in [0, 0.1) is 48.4 Å². The molecule has 4 aromatic rings. The van der Waals surface area contributed by atoms with Crippen LogP contribution in [0.25, 0.3) is 10.8 Å². The summed E-state index contributed by atoms with van der Waals surface area (Å²) in [6.45, 7) is 0. The van der Waals surface area contributed by atoms with Gasteiger partial charge in [0, 0.05) is 35.1 Å². The minimum Gasteiger partial charge on any atom is -0.496 e. The van der Waals surface area contributed by atoms with Gasteiger partial charge in [-0.2, -0.15) is 0 Å². The molecule has 2 heteroatoms. The third-order valence-corrected chi connectivity index (χ3v) is 6.29. The molecule has 4 rings (SSSR count). The summed E-state index contributed by atoms with van der Waals surface area (Å²) in [5, 5.41) is 2.20. The SMILES string of the molecule is C#Cc1ccccc1C#CCCc1cc2cc(CCC#Cc3ccccc3C#C)c(OC)cc2cc1OC. The average molecular weight is 493 g/mol. The van der Waals surface area contributed by atoms with E-state index in [-0.39, 0.29) is 0 Å². The summed E-state index contributed by atoms with van der Waals surface area (Å²) in [7, 11) is 3.39. The maximum atomic E-state index is 5.70. The number of fused-ring (bicyclic) bond motifs is 1. The van der Waals surface area contributed by atoms with E-state index in [2.05, 4.69) is 59.8 Å². The minimum absolute atomic E-state index is 0.693. The molecule has 2 nitrogen and oxygen atoms in total. The van der Waals surface area contributed by atoms with Crippen LogP contribution in [0.1, 0.15) is 46.2 Å². The number of aryl methyl sites for hydroxylation is 2. The van der Waals surface area contributed by atoms with Crippen molar-refractivity contribution in [1.82, 2.24) is 0 Å². The van der Waals surface area contributed by atoms with Gasteiger partial charge in [0.05, 0.1) is 14.2 Å². The predicted octanol–water partition coefficient (Wildman–Crippen LogP) is 6.79. The van der Waals surface area contributed by atoms with Crippen molar-refractivity contribution in [3.05, 3.63) is 106 Å². The van der Waals surface area contributed by atoms with E-state index < -0.39 is 0 Å². The fourth-order valence-corrected chi connectivity index (χ4v) is 4.32. The van der Waals surface area contributed by atoms with Gasteiger partial charge in [0.1, 0.15) is 11.5 Å². The molecule has 0 bridgehead atoms. The van der Waals surface area contributed by atoms with Crippen LogP contribution >= 0.6 is 0 Å². The summed E-state index contributed by atoms with van der Waals surface area (Å²) < 4.78 is 11.4. The van der Waals surface area contributed by atoms with Gasteiger partial charge in [0.15, 0.2) is 0 Å². The Morgan fingerprint density at radius 3 is 1.37 bits per heavy atom. The van der Waals surface area contributed by atoms with Crippen molar-refractivity contribution < 1.29 is 9.47 Å². The molecular weight excluding hydrogens is 464 g/mol. The quantitative estimate of drug-likeness (QED) is 0.276. The lowest BCUT2D eigenvalue weighted by molar-refractivity contribution is 0.408. The second kappa shape index (κ2) is 12.8. The molecule has 0 aromatic heterocycles. The van der Waals surface area contributed by atoms with Crippen LogP contribution in [-0.2, 0) is 12.8 Å². The van der Waals surface area contributed by atoms with Crippen LogP contribution in [0.2, 0.25) is 0 Å². The molecule has 0 spiro atoms. The fraction of sp³-hybridized carbons (Fsp3) is 0.167. The van der Waals surface area contributed by atoms with Gasteiger partial charge < -0.3 is 9.47 Å². The molecule has 0 aliphatic rings. The number of benzene rings is 4. The van der Waals surface area contributed by atoms with E-state index >= 15 is 0 Å². The Hall–Kier alpha value is -5.02. The fourth-order valence-electron chi connectivity index (χ4n) is 4.32. The molecular formula is C36H28O2. The Kier molecular flexibility index (Phi) is 8.77. The minimum atomic E-state index is 0.693. The first-order chi connectivity index (χ1) is 18.7. The molecule has 4 aromatic carbocycles. The summed E-state index contributed by atoms with van der Waals surface area (Å²) in [6, 6.07) is 24.0. The number of ether oxygens (including phenoxy) is 2. The van der Waals surface area contributed by atoms with Crippen molar-refractivity contribution in [2.24, 2.45) is 0 Å². The van der Waals surface area contributed by atoms with Gasteiger partial charge in [-0.3, -0.25) is 0 Å². The normalized spacial score (nSPS) is 9.79. The highest BCUT2D eigenvalue weighted by atomic mass is 16.5. The molecule has 184 valence electrons. The zero-order valence-electron chi connectivity index (χ0n) is 21.7. The van der Waals surface area contributed by atoms with Crippen molar-refractivity contribution in [3.8, 4) is 59.9 Å². The summed E-state index contributed by atoms with van der Waals surface area (Å²) in [4.78, 5) is 0. The van der Waals surface area contributed by atoms with Crippen LogP contribution in [0.4, 0.5) is 0 Å². The second-order valence-corrected chi connectivity index (χ2v) is 8.66. The third-order valence-electron chi connectivity index (χ3n) is 6.29. The standard InChI is InChI=1S/C36H28O2/c1-5-27-15-7-9-17-29(27)19-11-13-21-31-23-33-24-32(36(38-4)26-34(33)25-35(31)37-3)22-14-12-20-30-18-10-8-16-28(30)6-2/h1-2,7-10,15-18,23-26H,13-14,21-22H2,3-4H3. The summed E-state index contributed by atoms with van der Waals surface area (Å²) >= 11 is 0. The molecule has 0 amide bonds. The Morgan fingerprint density at radius 2 is 0.974 bits per heavy atom. The molecule has 38 heavy (non-hydrogen) atoms. The lowest BCUT2D eigenvalue weighted by Gasteiger charge is -2.13. The monoisotopic (exact) mass is 492 g/mol. The highest BCUT2D eigenvalue weighted by Crippen LogP contribution is 2.32. The summed E-state index contributed by atoms with van der Waals surface area (Å²) in [5.74, 6) is 20.0. The van der Waals surface area contributed by atoms with Crippen LogP contribution in [0.5, 0.6) is 11.5 Å². The van der Waals surface area contributed by atoms with Gasteiger partial charge in [-0.25, -0.2) is 0 Å². The van der Waals surface area contributed by atoms with Gasteiger partial charge in [-0.1, -0.05) is 59.8 Å². The predicted molar refractivity (Wildman–Crippen MR) is 156 cm³/mol. The Labute approximate surface area is 226 Å². The van der Waals surface area contributed by atoms with Crippen LogP contribution in [0.15, 0.2) is 72.8 Å². The number of hydrogen-bond acceptors (Lipinski definition) is 2. The van der Waals surface area contributed by atoms with E-state index in [9.17, 15) is 0 Å². The average Bonchev–Trinajstić information content (AvgIpc) is 2.97. The summed E-state index contributed by atoms with van der Waals surface area (Å²) in [6.07, 6.45) is 14.1. The van der Waals surface area contributed by atoms with Gasteiger partial charge in [-0.15, -0.1) is 12.8 Å². The first-order valence-electron chi connectivity index (χ1n) is 12.4. The Bertz CT molecular complexity index is 1550. The maximum Gasteiger partial charge on any atom is 0.122 e. The zero-order valence-corrected chi connectivity index (χ0v) is 21.7. The molecule has 0 N–H and O–H groups in total. The van der Waals surface area contributed by atoms with Gasteiger partial charge >= 0.3 is 0 Å². The van der Waals surface area contributed by atoms with E-state index in [4.69, 9.17) is 22.3 Å². The molecule has 0 aliphatic carbocycles. The third kappa shape index (κ3) is 6.21. The maximum absolute atomic E-state index is 5.70. The van der Waals surface area contributed by atoms with Crippen LogP contribution in [0.3, 0.4) is 0 Å².